The van der Waals surface area contributed by atoms with Crippen molar-refractivity contribution in [1.29, 1.82) is 0 Å². The number of rotatable bonds is 2. The zero-order valence-electron chi connectivity index (χ0n) is 10.2. The molecule has 0 radical (unpaired) electrons. The number of nitrogen functional groups attached to an aromatic ring is 1. The van der Waals surface area contributed by atoms with Gasteiger partial charge in [-0.2, -0.15) is 0 Å². The molecule has 0 spiro atoms. The van der Waals surface area contributed by atoms with Gasteiger partial charge in [-0.05, 0) is 24.8 Å². The Morgan fingerprint density at radius 1 is 1.71 bits per heavy atom. The van der Waals surface area contributed by atoms with E-state index in [1.54, 1.807) is 6.07 Å². The highest BCUT2D eigenvalue weighted by atomic mass is 32.1. The monoisotopic (exact) mass is 254 g/mol. The number of hydrogen-bond donors (Lipinski definition) is 1. The van der Waals surface area contributed by atoms with E-state index in [1.165, 1.54) is 11.3 Å². The van der Waals surface area contributed by atoms with Crippen LogP contribution in [0, 0.1) is 0 Å². The summed E-state index contributed by atoms with van der Waals surface area (Å²) in [4.78, 5) is 14.9. The van der Waals surface area contributed by atoms with Crippen molar-refractivity contribution in [2.75, 3.05) is 18.9 Å². The average Bonchev–Trinajstić information content (AvgIpc) is 2.74. The molecule has 5 heteroatoms. The summed E-state index contributed by atoms with van der Waals surface area (Å²) in [6.07, 6.45) is 1.01. The van der Waals surface area contributed by atoms with Gasteiger partial charge in [0.15, 0.2) is 0 Å². The predicted octanol–water partition coefficient (Wildman–Crippen LogP) is 1.97. The van der Waals surface area contributed by atoms with Gasteiger partial charge >= 0.3 is 0 Å². The van der Waals surface area contributed by atoms with Crippen LogP contribution in [0.1, 0.15) is 29.9 Å². The van der Waals surface area contributed by atoms with Crippen LogP contribution in [0.3, 0.4) is 0 Å². The first-order valence-corrected chi connectivity index (χ1v) is 6.77. The molecule has 0 bridgehead atoms. The van der Waals surface area contributed by atoms with Gasteiger partial charge in [-0.1, -0.05) is 6.92 Å². The second kappa shape index (κ2) is 5.06. The fourth-order valence-electron chi connectivity index (χ4n) is 2.05. The van der Waals surface area contributed by atoms with Crippen LogP contribution in [0.25, 0.3) is 0 Å². The second-order valence-corrected chi connectivity index (χ2v) is 5.28. The van der Waals surface area contributed by atoms with E-state index in [9.17, 15) is 4.79 Å². The molecule has 1 aliphatic rings. The van der Waals surface area contributed by atoms with Crippen LogP contribution < -0.4 is 5.73 Å². The highest BCUT2D eigenvalue weighted by molar-refractivity contribution is 7.12. The van der Waals surface area contributed by atoms with E-state index >= 15 is 0 Å². The van der Waals surface area contributed by atoms with Crippen molar-refractivity contribution in [3.05, 3.63) is 16.3 Å². The lowest BCUT2D eigenvalue weighted by Crippen LogP contribution is -2.51. The Kier molecular flexibility index (Phi) is 3.69. The number of nitrogens with zero attached hydrogens (tertiary/aromatic N) is 1. The standard InChI is InChI=1S/C12H18N2O2S/c1-3-9-7-16-8(2)6-14(9)12(15)11-10(13)4-5-17-11/h4-5,8-9H,3,6-7,13H2,1-2H3. The molecule has 1 saturated heterocycles. The lowest BCUT2D eigenvalue weighted by molar-refractivity contribution is -0.0442. The Labute approximate surface area is 105 Å². The summed E-state index contributed by atoms with van der Waals surface area (Å²) in [6.45, 7) is 5.33. The first kappa shape index (κ1) is 12.4. The number of hydrogen-bond acceptors (Lipinski definition) is 4. The number of anilines is 1. The smallest absolute Gasteiger partial charge is 0.266 e. The van der Waals surface area contributed by atoms with E-state index in [1.807, 2.05) is 17.2 Å². The number of thiophene rings is 1. The average molecular weight is 254 g/mol. The van der Waals surface area contributed by atoms with Crippen molar-refractivity contribution in [3.63, 3.8) is 0 Å². The Morgan fingerprint density at radius 3 is 3.06 bits per heavy atom. The first-order valence-electron chi connectivity index (χ1n) is 5.89. The predicted molar refractivity (Wildman–Crippen MR) is 69.3 cm³/mol. The van der Waals surface area contributed by atoms with Gasteiger partial charge in [0, 0.05) is 6.54 Å². The van der Waals surface area contributed by atoms with Crippen molar-refractivity contribution in [2.24, 2.45) is 0 Å². The van der Waals surface area contributed by atoms with E-state index in [2.05, 4.69) is 6.92 Å². The number of carbonyl (C=O) groups excluding carboxylic acids is 1. The second-order valence-electron chi connectivity index (χ2n) is 4.37. The third-order valence-corrected chi connectivity index (χ3v) is 4.01. The van der Waals surface area contributed by atoms with E-state index in [-0.39, 0.29) is 18.1 Å². The van der Waals surface area contributed by atoms with Gasteiger partial charge in [0.05, 0.1) is 24.4 Å². The van der Waals surface area contributed by atoms with Gasteiger partial charge in [0.1, 0.15) is 4.88 Å². The number of ether oxygens (including phenoxy) is 1. The minimum absolute atomic E-state index is 0.0412. The lowest BCUT2D eigenvalue weighted by atomic mass is 10.1. The molecule has 2 heterocycles. The molecule has 4 nitrogen and oxygen atoms in total. The van der Waals surface area contributed by atoms with E-state index in [0.29, 0.717) is 23.7 Å². The topological polar surface area (TPSA) is 55.6 Å². The molecule has 2 atom stereocenters. The SMILES string of the molecule is CCC1COC(C)CN1C(=O)c1sccc1N. The molecule has 2 unspecified atom stereocenters. The number of nitrogens with two attached hydrogens (primary N) is 1. The van der Waals surface area contributed by atoms with Crippen LogP contribution in [0.2, 0.25) is 0 Å². The molecule has 17 heavy (non-hydrogen) atoms. The van der Waals surface area contributed by atoms with Crippen molar-refractivity contribution in [2.45, 2.75) is 32.4 Å². The van der Waals surface area contributed by atoms with Crippen molar-refractivity contribution >= 4 is 22.9 Å². The Morgan fingerprint density at radius 2 is 2.47 bits per heavy atom. The summed E-state index contributed by atoms with van der Waals surface area (Å²) in [5, 5.41) is 1.85. The Hall–Kier alpha value is -1.07. The van der Waals surface area contributed by atoms with Crippen molar-refractivity contribution in [3.8, 4) is 0 Å². The van der Waals surface area contributed by atoms with Gasteiger partial charge in [-0.15, -0.1) is 11.3 Å². The number of amides is 1. The molecular formula is C12H18N2O2S. The molecule has 0 aromatic carbocycles. The maximum Gasteiger partial charge on any atom is 0.266 e. The fourth-order valence-corrected chi connectivity index (χ4v) is 2.83. The summed E-state index contributed by atoms with van der Waals surface area (Å²) in [7, 11) is 0. The van der Waals surface area contributed by atoms with E-state index in [0.717, 1.165) is 6.42 Å². The normalized spacial score (nSPS) is 24.9. The van der Waals surface area contributed by atoms with Gasteiger partial charge in [-0.25, -0.2) is 0 Å². The third kappa shape index (κ3) is 2.45. The van der Waals surface area contributed by atoms with Gasteiger partial charge in [0.25, 0.3) is 5.91 Å². The largest absolute Gasteiger partial charge is 0.397 e. The minimum Gasteiger partial charge on any atom is -0.397 e. The third-order valence-electron chi connectivity index (χ3n) is 3.09. The minimum atomic E-state index is 0.0412. The van der Waals surface area contributed by atoms with Crippen LogP contribution in [-0.4, -0.2) is 36.1 Å². The van der Waals surface area contributed by atoms with Crippen LogP contribution in [0.5, 0.6) is 0 Å². The van der Waals surface area contributed by atoms with Crippen LogP contribution >= 0.6 is 11.3 Å². The Balaban J connectivity index is 2.19. The highest BCUT2D eigenvalue weighted by Gasteiger charge is 2.31. The fraction of sp³-hybridized carbons (Fsp3) is 0.583. The molecule has 0 aliphatic carbocycles. The van der Waals surface area contributed by atoms with Crippen LogP contribution in [0.4, 0.5) is 5.69 Å². The van der Waals surface area contributed by atoms with Crippen LogP contribution in [0.15, 0.2) is 11.4 Å². The molecular weight excluding hydrogens is 236 g/mol. The summed E-state index contributed by atoms with van der Waals surface area (Å²) < 4.78 is 5.59. The van der Waals surface area contributed by atoms with E-state index < -0.39 is 0 Å². The van der Waals surface area contributed by atoms with Crippen LogP contribution in [-0.2, 0) is 4.74 Å². The zero-order chi connectivity index (χ0) is 12.4. The molecule has 1 fully saturated rings. The van der Waals surface area contributed by atoms with Crippen molar-refractivity contribution < 1.29 is 9.53 Å². The maximum absolute atomic E-state index is 12.4. The molecule has 1 aromatic rings. The first-order chi connectivity index (χ1) is 8.13. The zero-order valence-corrected chi connectivity index (χ0v) is 11.0. The van der Waals surface area contributed by atoms with Crippen molar-refractivity contribution in [1.82, 2.24) is 4.90 Å². The summed E-state index contributed by atoms with van der Waals surface area (Å²) in [5.74, 6) is 0.0412. The molecule has 1 aromatic heterocycles. The Bertz CT molecular complexity index is 405. The number of carbonyl (C=O) groups is 1. The molecule has 2 N–H and O–H groups in total. The number of morpholine rings is 1. The van der Waals surface area contributed by atoms with E-state index in [4.69, 9.17) is 10.5 Å². The molecule has 0 saturated carbocycles. The molecule has 1 amide bonds. The quantitative estimate of drug-likeness (QED) is 0.878. The van der Waals surface area contributed by atoms with Gasteiger partial charge in [0.2, 0.25) is 0 Å². The molecule has 2 rings (SSSR count). The molecule has 1 aliphatic heterocycles. The lowest BCUT2D eigenvalue weighted by Gasteiger charge is -2.38. The highest BCUT2D eigenvalue weighted by Crippen LogP contribution is 2.24. The summed E-state index contributed by atoms with van der Waals surface area (Å²) in [5.41, 5.74) is 6.38. The maximum atomic E-state index is 12.4. The van der Waals surface area contributed by atoms with Gasteiger partial charge < -0.3 is 15.4 Å². The summed E-state index contributed by atoms with van der Waals surface area (Å²) in [6, 6.07) is 1.95. The molecule has 94 valence electrons. The summed E-state index contributed by atoms with van der Waals surface area (Å²) >= 11 is 1.41. The van der Waals surface area contributed by atoms with Gasteiger partial charge in [-0.3, -0.25) is 4.79 Å².